The number of carbonyl (C=O) groups excluding carboxylic acids is 1. The molecule has 1 aromatic heterocycles. The van der Waals surface area contributed by atoms with E-state index in [0.717, 1.165) is 11.0 Å². The first kappa shape index (κ1) is 14.0. The largest absolute Gasteiger partial charge is 0.356 e. The number of nitrogens with two attached hydrogens (primary N) is 1. The fraction of sp³-hybridized carbons (Fsp3) is 0.700. The van der Waals surface area contributed by atoms with Gasteiger partial charge in [-0.3, -0.25) is 4.79 Å². The van der Waals surface area contributed by atoms with Crippen molar-refractivity contribution >= 4 is 17.7 Å². The van der Waals surface area contributed by atoms with Crippen LogP contribution >= 0.6 is 11.8 Å². The van der Waals surface area contributed by atoms with E-state index in [-0.39, 0.29) is 5.91 Å². The highest BCUT2D eigenvalue weighted by Gasteiger charge is 2.09. The Hall–Kier alpha value is -1.08. The second-order valence-electron chi connectivity index (χ2n) is 3.52. The Morgan fingerprint density at radius 2 is 2.29 bits per heavy atom. The van der Waals surface area contributed by atoms with Crippen LogP contribution in [0, 0.1) is 6.92 Å². The Bertz CT molecular complexity index is 366. The van der Waals surface area contributed by atoms with Crippen LogP contribution in [-0.4, -0.2) is 39.5 Å². The van der Waals surface area contributed by atoms with Gasteiger partial charge in [-0.15, -0.1) is 10.2 Å². The van der Waals surface area contributed by atoms with E-state index in [9.17, 15) is 4.79 Å². The molecule has 3 N–H and O–H groups in total. The predicted octanol–water partition coefficient (Wildman–Crippen LogP) is 0.164. The van der Waals surface area contributed by atoms with Crippen molar-refractivity contribution in [2.75, 3.05) is 18.8 Å². The van der Waals surface area contributed by atoms with Crippen LogP contribution in [0.15, 0.2) is 5.16 Å². The van der Waals surface area contributed by atoms with E-state index in [4.69, 9.17) is 5.73 Å². The molecule has 0 bridgehead atoms. The monoisotopic (exact) mass is 257 g/mol. The molecule has 7 heteroatoms. The van der Waals surface area contributed by atoms with Gasteiger partial charge in [0.15, 0.2) is 5.16 Å². The molecule has 0 radical (unpaired) electrons. The van der Waals surface area contributed by atoms with Crippen LogP contribution in [0.5, 0.6) is 0 Å². The van der Waals surface area contributed by atoms with E-state index in [2.05, 4.69) is 15.5 Å². The molecule has 0 unspecified atom stereocenters. The standard InChI is InChI=1S/C10H19N5OS/c1-3-12-9(16)4-7-17-10-14-13-8(2)15(10)6-5-11/h3-7,11H2,1-2H3,(H,12,16). The summed E-state index contributed by atoms with van der Waals surface area (Å²) >= 11 is 1.53. The molecule has 0 aliphatic carbocycles. The normalized spacial score (nSPS) is 10.5. The summed E-state index contributed by atoms with van der Waals surface area (Å²) in [5, 5.41) is 11.7. The van der Waals surface area contributed by atoms with Crippen LogP contribution < -0.4 is 11.1 Å². The average Bonchev–Trinajstić information content (AvgIpc) is 2.62. The first-order valence-electron chi connectivity index (χ1n) is 5.68. The Morgan fingerprint density at radius 3 is 2.94 bits per heavy atom. The first-order chi connectivity index (χ1) is 8.19. The number of rotatable bonds is 7. The summed E-state index contributed by atoms with van der Waals surface area (Å²) in [5.74, 6) is 1.63. The van der Waals surface area contributed by atoms with Crippen LogP contribution in [0.3, 0.4) is 0 Å². The van der Waals surface area contributed by atoms with Crippen molar-refractivity contribution in [3.8, 4) is 0 Å². The van der Waals surface area contributed by atoms with Crippen LogP contribution in [-0.2, 0) is 11.3 Å². The van der Waals surface area contributed by atoms with Gasteiger partial charge in [0, 0.05) is 31.8 Å². The first-order valence-corrected chi connectivity index (χ1v) is 6.67. The minimum absolute atomic E-state index is 0.0709. The summed E-state index contributed by atoms with van der Waals surface area (Å²) in [5.41, 5.74) is 5.52. The predicted molar refractivity (Wildman–Crippen MR) is 67.8 cm³/mol. The van der Waals surface area contributed by atoms with Crippen molar-refractivity contribution in [3.05, 3.63) is 5.82 Å². The van der Waals surface area contributed by atoms with E-state index in [1.54, 1.807) is 0 Å². The maximum absolute atomic E-state index is 11.3. The molecule has 0 aliphatic heterocycles. The summed E-state index contributed by atoms with van der Waals surface area (Å²) in [4.78, 5) is 11.3. The summed E-state index contributed by atoms with van der Waals surface area (Å²) in [7, 11) is 0. The van der Waals surface area contributed by atoms with E-state index in [1.165, 1.54) is 11.8 Å². The second kappa shape index (κ2) is 7.29. The molecular formula is C10H19N5OS. The minimum Gasteiger partial charge on any atom is -0.356 e. The molecule has 1 aromatic rings. The summed E-state index contributed by atoms with van der Waals surface area (Å²) in [6.45, 7) is 5.75. The lowest BCUT2D eigenvalue weighted by Crippen LogP contribution is -2.22. The van der Waals surface area contributed by atoms with Gasteiger partial charge in [0.2, 0.25) is 5.91 Å². The van der Waals surface area contributed by atoms with E-state index < -0.39 is 0 Å². The van der Waals surface area contributed by atoms with Crippen LogP contribution in [0.1, 0.15) is 19.2 Å². The molecule has 0 spiro atoms. The number of carbonyl (C=O) groups is 1. The highest BCUT2D eigenvalue weighted by molar-refractivity contribution is 7.99. The van der Waals surface area contributed by atoms with Gasteiger partial charge in [-0.1, -0.05) is 11.8 Å². The molecule has 96 valence electrons. The molecular weight excluding hydrogens is 238 g/mol. The lowest BCUT2D eigenvalue weighted by Gasteiger charge is -2.06. The molecule has 0 aliphatic rings. The van der Waals surface area contributed by atoms with Gasteiger partial charge in [-0.25, -0.2) is 0 Å². The van der Waals surface area contributed by atoms with Gasteiger partial charge < -0.3 is 15.6 Å². The van der Waals surface area contributed by atoms with Gasteiger partial charge in [0.25, 0.3) is 0 Å². The lowest BCUT2D eigenvalue weighted by atomic mass is 10.4. The maximum atomic E-state index is 11.3. The summed E-state index contributed by atoms with van der Waals surface area (Å²) in [6.07, 6.45) is 0.493. The molecule has 1 heterocycles. The average molecular weight is 257 g/mol. The van der Waals surface area contributed by atoms with Gasteiger partial charge in [-0.05, 0) is 13.8 Å². The number of hydrogen-bond donors (Lipinski definition) is 2. The highest BCUT2D eigenvalue weighted by atomic mass is 32.2. The third-order valence-electron chi connectivity index (χ3n) is 2.19. The summed E-state index contributed by atoms with van der Waals surface area (Å²) < 4.78 is 1.97. The number of nitrogens with zero attached hydrogens (tertiary/aromatic N) is 3. The van der Waals surface area contributed by atoms with Crippen LogP contribution in [0.25, 0.3) is 0 Å². The van der Waals surface area contributed by atoms with Crippen LogP contribution in [0.4, 0.5) is 0 Å². The third-order valence-corrected chi connectivity index (χ3v) is 3.16. The molecule has 0 aromatic carbocycles. The topological polar surface area (TPSA) is 85.8 Å². The van der Waals surface area contributed by atoms with E-state index >= 15 is 0 Å². The van der Waals surface area contributed by atoms with Crippen molar-refractivity contribution < 1.29 is 4.79 Å². The van der Waals surface area contributed by atoms with Crippen molar-refractivity contribution in [1.82, 2.24) is 20.1 Å². The molecule has 17 heavy (non-hydrogen) atoms. The van der Waals surface area contributed by atoms with Gasteiger partial charge in [-0.2, -0.15) is 0 Å². The van der Waals surface area contributed by atoms with Gasteiger partial charge in [0.1, 0.15) is 5.82 Å². The molecule has 6 nitrogen and oxygen atoms in total. The smallest absolute Gasteiger partial charge is 0.220 e. The zero-order chi connectivity index (χ0) is 12.7. The number of aromatic nitrogens is 3. The second-order valence-corrected chi connectivity index (χ2v) is 4.58. The third kappa shape index (κ3) is 4.35. The Labute approximate surface area is 105 Å². The fourth-order valence-corrected chi connectivity index (χ4v) is 2.32. The molecule has 0 saturated heterocycles. The summed E-state index contributed by atoms with van der Waals surface area (Å²) in [6, 6.07) is 0. The highest BCUT2D eigenvalue weighted by Crippen LogP contribution is 2.17. The molecule has 0 saturated carbocycles. The lowest BCUT2D eigenvalue weighted by molar-refractivity contribution is -0.120. The van der Waals surface area contributed by atoms with E-state index in [0.29, 0.717) is 31.8 Å². The fourth-order valence-electron chi connectivity index (χ4n) is 1.38. The van der Waals surface area contributed by atoms with Crippen LogP contribution in [0.2, 0.25) is 0 Å². The Kier molecular flexibility index (Phi) is 5.99. The number of thioether (sulfide) groups is 1. The minimum atomic E-state index is 0.0709. The zero-order valence-electron chi connectivity index (χ0n) is 10.3. The molecule has 1 rings (SSSR count). The van der Waals surface area contributed by atoms with Crippen molar-refractivity contribution in [2.45, 2.75) is 32.0 Å². The zero-order valence-corrected chi connectivity index (χ0v) is 11.1. The maximum Gasteiger partial charge on any atom is 0.220 e. The van der Waals surface area contributed by atoms with E-state index in [1.807, 2.05) is 18.4 Å². The van der Waals surface area contributed by atoms with Crippen molar-refractivity contribution in [1.29, 1.82) is 0 Å². The number of hydrogen-bond acceptors (Lipinski definition) is 5. The molecule has 1 amide bonds. The quantitative estimate of drug-likeness (QED) is 0.680. The van der Waals surface area contributed by atoms with Gasteiger partial charge in [0.05, 0.1) is 0 Å². The van der Waals surface area contributed by atoms with Crippen molar-refractivity contribution in [2.24, 2.45) is 5.73 Å². The number of nitrogens with one attached hydrogen (secondary N) is 1. The molecule has 0 atom stereocenters. The van der Waals surface area contributed by atoms with Gasteiger partial charge >= 0.3 is 0 Å². The Balaban J connectivity index is 2.43. The SMILES string of the molecule is CCNC(=O)CCSc1nnc(C)n1CCN. The molecule has 0 fully saturated rings. The number of aryl methyl sites for hydroxylation is 1. The Morgan fingerprint density at radius 1 is 1.53 bits per heavy atom. The number of amides is 1. The van der Waals surface area contributed by atoms with Crippen molar-refractivity contribution in [3.63, 3.8) is 0 Å².